The second kappa shape index (κ2) is 5.84. The average Bonchev–Trinajstić information content (AvgIpc) is 2.80. The van der Waals surface area contributed by atoms with Crippen LogP contribution in [-0.2, 0) is 24.4 Å². The van der Waals surface area contributed by atoms with Crippen LogP contribution in [0, 0.1) is 0 Å². The molecular weight excluding hydrogens is 359 g/mol. The number of carbonyl (C=O) groups is 2. The van der Waals surface area contributed by atoms with Gasteiger partial charge in [0.25, 0.3) is 16.0 Å². The minimum atomic E-state index is -4.57. The first-order chi connectivity index (χ1) is 10.1. The molecule has 0 aliphatic carbocycles. The summed E-state index contributed by atoms with van der Waals surface area (Å²) in [7, 11) is -3.43. The van der Waals surface area contributed by atoms with Gasteiger partial charge in [-0.3, -0.25) is 9.35 Å². The van der Waals surface area contributed by atoms with Crippen molar-refractivity contribution in [3.05, 3.63) is 22.2 Å². The highest BCUT2D eigenvalue weighted by molar-refractivity contribution is 7.86. The molecule has 0 aromatic heterocycles. The molecule has 0 fully saturated rings. The number of ether oxygens (including phenoxy) is 1. The maximum atomic E-state index is 11.9. The van der Waals surface area contributed by atoms with Crippen LogP contribution < -0.4 is 5.01 Å². The molecule has 118 valence electrons. The van der Waals surface area contributed by atoms with Crippen molar-refractivity contribution in [2.24, 2.45) is 5.10 Å². The summed E-state index contributed by atoms with van der Waals surface area (Å²) in [5, 5.41) is 4.04. The van der Waals surface area contributed by atoms with Crippen molar-refractivity contribution in [2.45, 2.75) is 11.3 Å². The number of esters is 1. The van der Waals surface area contributed by atoms with Crippen LogP contribution in [0.4, 0.5) is 5.69 Å². The molecule has 0 unspecified atom stereocenters. The largest absolute Gasteiger partial charge is 0.464 e. The fourth-order valence-electron chi connectivity index (χ4n) is 1.73. The third kappa shape index (κ3) is 3.07. The molecule has 0 bridgehead atoms. The van der Waals surface area contributed by atoms with Gasteiger partial charge in [0.1, 0.15) is 4.90 Å². The molecule has 1 aromatic carbocycles. The normalized spacial score (nSPS) is 15.0. The Morgan fingerprint density at radius 1 is 1.36 bits per heavy atom. The van der Waals surface area contributed by atoms with Gasteiger partial charge in [-0.1, -0.05) is 23.2 Å². The Kier molecular flexibility index (Phi) is 4.43. The Morgan fingerprint density at radius 2 is 2.00 bits per heavy atom. The molecule has 0 radical (unpaired) electrons. The Balaban J connectivity index is 2.51. The summed E-state index contributed by atoms with van der Waals surface area (Å²) in [6, 6.07) is 1.93. The maximum absolute atomic E-state index is 11.9. The molecule has 0 saturated carbocycles. The van der Waals surface area contributed by atoms with E-state index in [1.54, 1.807) is 0 Å². The summed E-state index contributed by atoms with van der Waals surface area (Å²) in [6.45, 7) is 0. The molecule has 1 amide bonds. The molecule has 1 heterocycles. The lowest BCUT2D eigenvalue weighted by Crippen LogP contribution is -2.20. The van der Waals surface area contributed by atoms with Gasteiger partial charge in [-0.15, -0.1) is 0 Å². The van der Waals surface area contributed by atoms with Gasteiger partial charge in [0.05, 0.1) is 29.3 Å². The van der Waals surface area contributed by atoms with E-state index in [9.17, 15) is 18.0 Å². The van der Waals surface area contributed by atoms with Crippen LogP contribution in [0.5, 0.6) is 0 Å². The van der Waals surface area contributed by atoms with E-state index in [4.69, 9.17) is 27.8 Å². The number of halogens is 2. The van der Waals surface area contributed by atoms with Gasteiger partial charge < -0.3 is 4.74 Å². The molecule has 0 saturated heterocycles. The third-order valence-electron chi connectivity index (χ3n) is 2.70. The monoisotopic (exact) mass is 366 g/mol. The highest BCUT2D eigenvalue weighted by atomic mass is 35.5. The van der Waals surface area contributed by atoms with E-state index >= 15 is 0 Å². The van der Waals surface area contributed by atoms with Crippen LogP contribution in [-0.4, -0.2) is 37.7 Å². The first-order valence-electron chi connectivity index (χ1n) is 5.60. The number of rotatable bonds is 3. The number of hydrogen-bond acceptors (Lipinski definition) is 6. The molecule has 8 nitrogen and oxygen atoms in total. The molecule has 1 aromatic rings. The molecule has 11 heteroatoms. The van der Waals surface area contributed by atoms with Crippen molar-refractivity contribution in [3.63, 3.8) is 0 Å². The summed E-state index contributed by atoms with van der Waals surface area (Å²) in [4.78, 5) is 22.7. The molecule has 1 aliphatic heterocycles. The zero-order chi connectivity index (χ0) is 16.7. The van der Waals surface area contributed by atoms with Crippen molar-refractivity contribution in [1.29, 1.82) is 0 Å². The zero-order valence-electron chi connectivity index (χ0n) is 10.9. The molecule has 2 rings (SSSR count). The van der Waals surface area contributed by atoms with Crippen molar-refractivity contribution in [3.8, 4) is 0 Å². The maximum Gasteiger partial charge on any atom is 0.354 e. The van der Waals surface area contributed by atoms with Crippen LogP contribution in [0.25, 0.3) is 0 Å². The second-order valence-corrected chi connectivity index (χ2v) is 6.33. The molecule has 0 atom stereocenters. The Morgan fingerprint density at radius 3 is 2.55 bits per heavy atom. The van der Waals surface area contributed by atoms with E-state index in [2.05, 4.69) is 9.84 Å². The van der Waals surface area contributed by atoms with Gasteiger partial charge in [0.15, 0.2) is 5.71 Å². The number of nitrogens with zero attached hydrogens (tertiary/aromatic N) is 2. The Hall–Kier alpha value is -1.68. The number of benzene rings is 1. The van der Waals surface area contributed by atoms with Crippen molar-refractivity contribution < 1.29 is 27.3 Å². The summed E-state index contributed by atoms with van der Waals surface area (Å²) < 4.78 is 35.7. The number of anilines is 1. The minimum Gasteiger partial charge on any atom is -0.464 e. The Labute approximate surface area is 135 Å². The summed E-state index contributed by atoms with van der Waals surface area (Å²) in [6.07, 6.45) is -0.291. The Bertz CT molecular complexity index is 805. The van der Waals surface area contributed by atoms with Crippen molar-refractivity contribution in [1.82, 2.24) is 0 Å². The van der Waals surface area contributed by atoms with Crippen molar-refractivity contribution >= 4 is 56.6 Å². The predicted molar refractivity (Wildman–Crippen MR) is 77.8 cm³/mol. The van der Waals surface area contributed by atoms with Gasteiger partial charge in [0, 0.05) is 0 Å². The third-order valence-corrected chi connectivity index (χ3v) is 4.33. The van der Waals surface area contributed by atoms with Gasteiger partial charge >= 0.3 is 5.97 Å². The SMILES string of the molecule is COC(=O)C1=NN(c2cc(Cl)c(S(=O)(=O)O)cc2Cl)C(=O)C1. The highest BCUT2D eigenvalue weighted by Gasteiger charge is 2.32. The topological polar surface area (TPSA) is 113 Å². The van der Waals surface area contributed by atoms with E-state index in [-0.39, 0.29) is 27.9 Å². The smallest absolute Gasteiger partial charge is 0.354 e. The standard InChI is InChI=1S/C11H8Cl2N2O6S/c1-21-11(17)7-4-10(16)15(14-7)8-2-6(13)9(3-5(8)12)22(18,19)20/h2-3H,4H2,1H3,(H,18,19,20). The minimum absolute atomic E-state index is 0.0250. The lowest BCUT2D eigenvalue weighted by atomic mass is 10.2. The molecular formula is C11H8Cl2N2O6S. The quantitative estimate of drug-likeness (QED) is 0.640. The van der Waals surface area contributed by atoms with E-state index in [0.29, 0.717) is 0 Å². The van der Waals surface area contributed by atoms with Crippen LogP contribution in [0.15, 0.2) is 22.1 Å². The number of methoxy groups -OCH3 is 1. The first kappa shape index (κ1) is 16.7. The predicted octanol–water partition coefficient (Wildman–Crippen LogP) is 1.51. The lowest BCUT2D eigenvalue weighted by molar-refractivity contribution is -0.133. The lowest BCUT2D eigenvalue weighted by Gasteiger charge is -2.14. The molecule has 22 heavy (non-hydrogen) atoms. The average molecular weight is 367 g/mol. The van der Waals surface area contributed by atoms with Gasteiger partial charge in [-0.2, -0.15) is 18.5 Å². The number of hydrogen-bond donors (Lipinski definition) is 1. The van der Waals surface area contributed by atoms with Crippen LogP contribution in [0.2, 0.25) is 10.0 Å². The summed E-state index contributed by atoms with van der Waals surface area (Å²) >= 11 is 11.7. The summed E-state index contributed by atoms with van der Waals surface area (Å²) in [5.41, 5.74) is -0.151. The van der Waals surface area contributed by atoms with E-state index in [0.717, 1.165) is 24.3 Å². The molecule has 0 spiro atoms. The van der Waals surface area contributed by atoms with Crippen LogP contribution in [0.3, 0.4) is 0 Å². The van der Waals surface area contributed by atoms with Crippen molar-refractivity contribution in [2.75, 3.05) is 12.1 Å². The van der Waals surface area contributed by atoms with E-state index in [1.165, 1.54) is 0 Å². The van der Waals surface area contributed by atoms with Crippen LogP contribution in [0.1, 0.15) is 6.42 Å². The second-order valence-electron chi connectivity index (χ2n) is 4.13. The summed E-state index contributed by atoms with van der Waals surface area (Å²) in [5.74, 6) is -1.34. The van der Waals surface area contributed by atoms with Crippen LogP contribution >= 0.6 is 23.2 Å². The highest BCUT2D eigenvalue weighted by Crippen LogP contribution is 2.35. The molecule has 1 N–H and O–H groups in total. The van der Waals surface area contributed by atoms with Gasteiger partial charge in [-0.25, -0.2) is 4.79 Å². The first-order valence-corrected chi connectivity index (χ1v) is 7.80. The fourth-order valence-corrected chi connectivity index (χ4v) is 3.06. The number of amides is 1. The zero-order valence-corrected chi connectivity index (χ0v) is 13.2. The van der Waals surface area contributed by atoms with Gasteiger partial charge in [-0.05, 0) is 12.1 Å². The molecule has 1 aliphatic rings. The number of carbonyl (C=O) groups excluding carboxylic acids is 2. The fraction of sp³-hybridized carbons (Fsp3) is 0.182. The number of hydrazone groups is 1. The van der Waals surface area contributed by atoms with E-state index < -0.39 is 26.9 Å². The van der Waals surface area contributed by atoms with E-state index in [1.807, 2.05) is 0 Å². The van der Waals surface area contributed by atoms with Gasteiger partial charge in [0.2, 0.25) is 0 Å².